The van der Waals surface area contributed by atoms with E-state index >= 15 is 0 Å². The first-order valence-corrected chi connectivity index (χ1v) is 12.7. The number of aromatic nitrogens is 5. The molecule has 0 saturated carbocycles. The number of fused-ring (bicyclic) bond motifs is 1. The molecule has 2 amide bonds. The second-order valence-electron chi connectivity index (χ2n) is 9.38. The standard InChI is InChI=1S/C27H24ClN7O3/c1-15-10-17(11-18-14-29-33-25(15)18)26(36)30-24-13-21(31-32-24)22-4-2-3-9-35(22)27(37)23-12-20(34-38-23)16-5-7-19(28)8-6-16/h5-8,10-14,22H,2-4,9H2,1H3,(H,29,33)(H2,30,31,32,36). The first kappa shape index (κ1) is 23.9. The molecule has 4 heterocycles. The Morgan fingerprint density at radius 2 is 1.95 bits per heavy atom. The summed E-state index contributed by atoms with van der Waals surface area (Å²) in [6.45, 7) is 2.50. The van der Waals surface area contributed by atoms with E-state index in [1.165, 1.54) is 0 Å². The molecule has 10 nitrogen and oxygen atoms in total. The summed E-state index contributed by atoms with van der Waals surface area (Å²) in [5, 5.41) is 22.7. The van der Waals surface area contributed by atoms with Gasteiger partial charge in [-0.15, -0.1) is 0 Å². The van der Waals surface area contributed by atoms with Gasteiger partial charge in [0, 0.05) is 40.2 Å². The fraction of sp³-hybridized carbons (Fsp3) is 0.222. The van der Waals surface area contributed by atoms with Crippen molar-refractivity contribution in [1.82, 2.24) is 30.5 Å². The van der Waals surface area contributed by atoms with Crippen molar-refractivity contribution in [3.8, 4) is 11.3 Å². The molecule has 0 radical (unpaired) electrons. The van der Waals surface area contributed by atoms with Gasteiger partial charge in [0.15, 0.2) is 5.82 Å². The third-order valence-corrected chi connectivity index (χ3v) is 7.08. The monoisotopic (exact) mass is 529 g/mol. The van der Waals surface area contributed by atoms with Crippen molar-refractivity contribution in [2.75, 3.05) is 11.9 Å². The molecule has 5 aromatic rings. The van der Waals surface area contributed by atoms with Gasteiger partial charge in [0.05, 0.1) is 23.4 Å². The van der Waals surface area contributed by atoms with Crippen LogP contribution in [0.3, 0.4) is 0 Å². The summed E-state index contributed by atoms with van der Waals surface area (Å²) in [5.74, 6) is 0.0335. The molecule has 11 heteroatoms. The molecule has 1 atom stereocenters. The number of halogens is 1. The Labute approximate surface area is 222 Å². The number of hydrogen-bond donors (Lipinski definition) is 3. The van der Waals surface area contributed by atoms with E-state index in [0.29, 0.717) is 28.6 Å². The van der Waals surface area contributed by atoms with Crippen LogP contribution in [-0.4, -0.2) is 48.8 Å². The Kier molecular flexibility index (Phi) is 6.16. The van der Waals surface area contributed by atoms with Gasteiger partial charge in [0.1, 0.15) is 5.69 Å². The van der Waals surface area contributed by atoms with Crippen LogP contribution in [0.15, 0.2) is 59.3 Å². The quantitative estimate of drug-likeness (QED) is 0.274. The predicted molar refractivity (Wildman–Crippen MR) is 142 cm³/mol. The van der Waals surface area contributed by atoms with Crippen molar-refractivity contribution in [3.63, 3.8) is 0 Å². The van der Waals surface area contributed by atoms with E-state index in [1.54, 1.807) is 47.5 Å². The van der Waals surface area contributed by atoms with E-state index < -0.39 is 0 Å². The molecule has 0 bridgehead atoms. The van der Waals surface area contributed by atoms with Crippen LogP contribution in [0.2, 0.25) is 5.02 Å². The highest BCUT2D eigenvalue weighted by molar-refractivity contribution is 6.30. The van der Waals surface area contributed by atoms with E-state index in [4.69, 9.17) is 16.1 Å². The summed E-state index contributed by atoms with van der Waals surface area (Å²) in [7, 11) is 0. The number of anilines is 1. The lowest BCUT2D eigenvalue weighted by atomic mass is 9.99. The lowest BCUT2D eigenvalue weighted by Gasteiger charge is -2.34. The maximum atomic E-state index is 13.4. The van der Waals surface area contributed by atoms with Crippen LogP contribution < -0.4 is 5.32 Å². The Balaban J connectivity index is 1.19. The number of benzene rings is 2. The van der Waals surface area contributed by atoms with Gasteiger partial charge < -0.3 is 14.7 Å². The number of likely N-dealkylation sites (tertiary alicyclic amines) is 1. The van der Waals surface area contributed by atoms with E-state index in [2.05, 4.69) is 30.9 Å². The number of nitrogens with zero attached hydrogens (tertiary/aromatic N) is 4. The molecule has 0 aliphatic carbocycles. The highest BCUT2D eigenvalue weighted by Gasteiger charge is 2.32. The van der Waals surface area contributed by atoms with Crippen molar-refractivity contribution in [1.29, 1.82) is 0 Å². The fourth-order valence-corrected chi connectivity index (χ4v) is 5.02. The van der Waals surface area contributed by atoms with Crippen molar-refractivity contribution in [2.45, 2.75) is 32.2 Å². The maximum absolute atomic E-state index is 13.4. The van der Waals surface area contributed by atoms with Crippen LogP contribution in [0, 0.1) is 6.92 Å². The molecule has 1 unspecified atom stereocenters. The van der Waals surface area contributed by atoms with Crippen LogP contribution in [-0.2, 0) is 0 Å². The lowest BCUT2D eigenvalue weighted by molar-refractivity contribution is 0.0563. The zero-order valence-electron chi connectivity index (χ0n) is 20.5. The normalized spacial score (nSPS) is 15.6. The Bertz CT molecular complexity index is 1640. The van der Waals surface area contributed by atoms with Crippen molar-refractivity contribution < 1.29 is 14.1 Å². The number of carbonyl (C=O) groups excluding carboxylic acids is 2. The second-order valence-corrected chi connectivity index (χ2v) is 9.82. The van der Waals surface area contributed by atoms with E-state index in [9.17, 15) is 9.59 Å². The van der Waals surface area contributed by atoms with Gasteiger partial charge in [-0.25, -0.2) is 0 Å². The number of aromatic amines is 2. The van der Waals surface area contributed by atoms with Gasteiger partial charge >= 0.3 is 0 Å². The molecule has 3 N–H and O–H groups in total. The van der Waals surface area contributed by atoms with Crippen LogP contribution in [0.5, 0.6) is 0 Å². The molecule has 6 rings (SSSR count). The average Bonchev–Trinajstić information content (AvgIpc) is 3.70. The topological polar surface area (TPSA) is 133 Å². The zero-order valence-corrected chi connectivity index (χ0v) is 21.2. The summed E-state index contributed by atoms with van der Waals surface area (Å²) in [4.78, 5) is 28.1. The van der Waals surface area contributed by atoms with Crippen LogP contribution in [0.25, 0.3) is 22.2 Å². The molecular formula is C27H24ClN7O3. The highest BCUT2D eigenvalue weighted by atomic mass is 35.5. The van der Waals surface area contributed by atoms with Crippen LogP contribution >= 0.6 is 11.6 Å². The number of nitrogens with one attached hydrogen (secondary N) is 3. The van der Waals surface area contributed by atoms with E-state index in [1.807, 2.05) is 19.1 Å². The number of rotatable bonds is 5. The van der Waals surface area contributed by atoms with Gasteiger partial charge in [0.25, 0.3) is 11.8 Å². The largest absolute Gasteiger partial charge is 0.350 e. The molecule has 1 aliphatic heterocycles. The molecular weight excluding hydrogens is 506 g/mol. The Morgan fingerprint density at radius 3 is 2.79 bits per heavy atom. The van der Waals surface area contributed by atoms with Gasteiger partial charge in [-0.05, 0) is 56.0 Å². The maximum Gasteiger partial charge on any atom is 0.293 e. The van der Waals surface area contributed by atoms with Gasteiger partial charge in [-0.3, -0.25) is 19.8 Å². The summed E-state index contributed by atoms with van der Waals surface area (Å²) >= 11 is 5.97. The van der Waals surface area contributed by atoms with E-state index in [0.717, 1.165) is 47.0 Å². The first-order valence-electron chi connectivity index (χ1n) is 12.3. The van der Waals surface area contributed by atoms with Crippen molar-refractivity contribution in [3.05, 3.63) is 82.3 Å². The number of carbonyl (C=O) groups is 2. The number of H-pyrrole nitrogens is 2. The Hall–Kier alpha value is -4.44. The predicted octanol–water partition coefficient (Wildman–Crippen LogP) is 5.52. The van der Waals surface area contributed by atoms with E-state index in [-0.39, 0.29) is 23.6 Å². The third-order valence-electron chi connectivity index (χ3n) is 6.83. The summed E-state index contributed by atoms with van der Waals surface area (Å²) in [6.07, 6.45) is 4.29. The zero-order chi connectivity index (χ0) is 26.2. The smallest absolute Gasteiger partial charge is 0.293 e. The summed E-state index contributed by atoms with van der Waals surface area (Å²) in [5.41, 5.74) is 4.45. The van der Waals surface area contributed by atoms with Crippen LogP contribution in [0.4, 0.5) is 5.82 Å². The van der Waals surface area contributed by atoms with Crippen molar-refractivity contribution in [2.24, 2.45) is 0 Å². The minimum atomic E-state index is -0.276. The van der Waals surface area contributed by atoms with Crippen molar-refractivity contribution >= 4 is 40.1 Å². The minimum Gasteiger partial charge on any atom is -0.350 e. The number of aryl methyl sites for hydroxylation is 1. The molecule has 1 fully saturated rings. The first-order chi connectivity index (χ1) is 18.5. The average molecular weight is 530 g/mol. The minimum absolute atomic E-state index is 0.167. The lowest BCUT2D eigenvalue weighted by Crippen LogP contribution is -2.38. The molecule has 1 saturated heterocycles. The second kappa shape index (κ2) is 9.79. The molecule has 0 spiro atoms. The third kappa shape index (κ3) is 4.54. The van der Waals surface area contributed by atoms with Crippen LogP contribution in [0.1, 0.15) is 57.5 Å². The molecule has 1 aliphatic rings. The number of piperidine rings is 1. The highest BCUT2D eigenvalue weighted by Crippen LogP contribution is 2.33. The summed E-state index contributed by atoms with van der Waals surface area (Å²) < 4.78 is 5.43. The Morgan fingerprint density at radius 1 is 1.11 bits per heavy atom. The fourth-order valence-electron chi connectivity index (χ4n) is 4.90. The molecule has 38 heavy (non-hydrogen) atoms. The molecule has 2 aromatic carbocycles. The number of amides is 2. The van der Waals surface area contributed by atoms with Gasteiger partial charge in [-0.1, -0.05) is 28.9 Å². The number of hydrogen-bond acceptors (Lipinski definition) is 6. The van der Waals surface area contributed by atoms with Gasteiger partial charge in [-0.2, -0.15) is 10.2 Å². The van der Waals surface area contributed by atoms with Gasteiger partial charge in [0.2, 0.25) is 5.76 Å². The summed E-state index contributed by atoms with van der Waals surface area (Å²) in [6, 6.07) is 14.0. The molecule has 192 valence electrons. The SMILES string of the molecule is Cc1cc(C(=O)Nc2cc(C3CCCCN3C(=O)c3cc(-c4ccc(Cl)cc4)no3)[nH]n2)cc2cn[nH]c12. The molecule has 3 aromatic heterocycles.